The van der Waals surface area contributed by atoms with Crippen LogP contribution in [0.1, 0.15) is 32.6 Å². The van der Waals surface area contributed by atoms with Gasteiger partial charge in [0, 0.05) is 5.92 Å². The highest BCUT2D eigenvalue weighted by atomic mass is 16.1. The Morgan fingerprint density at radius 2 is 2.27 bits per heavy atom. The Morgan fingerprint density at radius 3 is 2.73 bits per heavy atom. The largest absolute Gasteiger partial charge is 0.310 e. The minimum atomic E-state index is 0.402. The molecule has 0 aromatic rings. The molecule has 0 aromatic heterocycles. The first-order valence-corrected chi connectivity index (χ1v) is 4.58. The summed E-state index contributed by atoms with van der Waals surface area (Å²) < 4.78 is 0. The van der Waals surface area contributed by atoms with Crippen LogP contribution in [0.3, 0.4) is 0 Å². The number of hydrogen-bond acceptors (Lipinski definition) is 2. The SMILES string of the molecule is CCCNCC(=O)C1CCC1. The molecule has 0 aliphatic heterocycles. The molecule has 0 spiro atoms. The molecule has 0 amide bonds. The first-order valence-electron chi connectivity index (χ1n) is 4.58. The summed E-state index contributed by atoms with van der Waals surface area (Å²) >= 11 is 0. The zero-order chi connectivity index (χ0) is 8.10. The van der Waals surface area contributed by atoms with E-state index in [4.69, 9.17) is 0 Å². The van der Waals surface area contributed by atoms with E-state index in [1.54, 1.807) is 0 Å². The monoisotopic (exact) mass is 155 g/mol. The summed E-state index contributed by atoms with van der Waals surface area (Å²) in [6, 6.07) is 0. The lowest BCUT2D eigenvalue weighted by Gasteiger charge is -2.23. The maximum Gasteiger partial charge on any atom is 0.149 e. The van der Waals surface area contributed by atoms with Crippen molar-refractivity contribution in [2.45, 2.75) is 32.6 Å². The number of carbonyl (C=O) groups is 1. The standard InChI is InChI=1S/C9H17NO/c1-2-6-10-7-9(11)8-4-3-5-8/h8,10H,2-7H2,1H3. The summed E-state index contributed by atoms with van der Waals surface area (Å²) in [5.74, 6) is 0.823. The van der Waals surface area contributed by atoms with Crippen LogP contribution in [0.15, 0.2) is 0 Å². The number of ketones is 1. The van der Waals surface area contributed by atoms with Crippen molar-refractivity contribution in [1.82, 2.24) is 5.32 Å². The second-order valence-electron chi connectivity index (χ2n) is 3.27. The van der Waals surface area contributed by atoms with Crippen LogP contribution in [0.5, 0.6) is 0 Å². The first kappa shape index (κ1) is 8.72. The quantitative estimate of drug-likeness (QED) is 0.607. The molecule has 0 unspecified atom stereocenters. The van der Waals surface area contributed by atoms with Gasteiger partial charge in [0.05, 0.1) is 6.54 Å². The molecule has 1 aliphatic rings. The number of Topliss-reactive ketones (excluding diaryl/α,β-unsaturated/α-hetero) is 1. The Morgan fingerprint density at radius 1 is 1.55 bits per heavy atom. The van der Waals surface area contributed by atoms with Gasteiger partial charge in [-0.2, -0.15) is 0 Å². The third kappa shape index (κ3) is 2.62. The van der Waals surface area contributed by atoms with Crippen LogP contribution < -0.4 is 5.32 Å². The molecule has 0 heterocycles. The van der Waals surface area contributed by atoms with Crippen molar-refractivity contribution in [2.24, 2.45) is 5.92 Å². The Labute approximate surface area is 68.4 Å². The van der Waals surface area contributed by atoms with E-state index in [0.29, 0.717) is 18.2 Å². The lowest BCUT2D eigenvalue weighted by atomic mass is 9.82. The highest BCUT2D eigenvalue weighted by molar-refractivity contribution is 5.83. The summed E-state index contributed by atoms with van der Waals surface area (Å²) in [7, 11) is 0. The van der Waals surface area contributed by atoms with E-state index in [9.17, 15) is 4.79 Å². The predicted molar refractivity (Wildman–Crippen MR) is 45.5 cm³/mol. The molecule has 0 atom stereocenters. The molecule has 1 N–H and O–H groups in total. The summed E-state index contributed by atoms with van der Waals surface area (Å²) in [5, 5.41) is 3.13. The molecular weight excluding hydrogens is 138 g/mol. The highest BCUT2D eigenvalue weighted by Crippen LogP contribution is 2.26. The van der Waals surface area contributed by atoms with Crippen LogP contribution in [-0.2, 0) is 4.79 Å². The van der Waals surface area contributed by atoms with Crippen molar-refractivity contribution in [1.29, 1.82) is 0 Å². The topological polar surface area (TPSA) is 29.1 Å². The van der Waals surface area contributed by atoms with Crippen LogP contribution >= 0.6 is 0 Å². The third-order valence-corrected chi connectivity index (χ3v) is 2.29. The predicted octanol–water partition coefficient (Wildman–Crippen LogP) is 1.36. The van der Waals surface area contributed by atoms with E-state index >= 15 is 0 Å². The van der Waals surface area contributed by atoms with Crippen molar-refractivity contribution in [2.75, 3.05) is 13.1 Å². The zero-order valence-corrected chi connectivity index (χ0v) is 7.23. The fourth-order valence-corrected chi connectivity index (χ4v) is 1.26. The average molecular weight is 155 g/mol. The van der Waals surface area contributed by atoms with Gasteiger partial charge >= 0.3 is 0 Å². The number of nitrogens with one attached hydrogen (secondary N) is 1. The van der Waals surface area contributed by atoms with Crippen molar-refractivity contribution in [3.63, 3.8) is 0 Å². The molecule has 1 saturated carbocycles. The molecule has 0 bridgehead atoms. The van der Waals surface area contributed by atoms with Gasteiger partial charge in [0.1, 0.15) is 5.78 Å². The van der Waals surface area contributed by atoms with Gasteiger partial charge in [0.25, 0.3) is 0 Å². The van der Waals surface area contributed by atoms with Crippen molar-refractivity contribution >= 4 is 5.78 Å². The van der Waals surface area contributed by atoms with Crippen LogP contribution in [0, 0.1) is 5.92 Å². The molecule has 64 valence electrons. The van der Waals surface area contributed by atoms with Crippen LogP contribution in [0.4, 0.5) is 0 Å². The smallest absolute Gasteiger partial charge is 0.149 e. The minimum Gasteiger partial charge on any atom is -0.310 e. The first-order chi connectivity index (χ1) is 5.34. The maximum absolute atomic E-state index is 11.2. The van der Waals surface area contributed by atoms with E-state index in [2.05, 4.69) is 12.2 Å². The van der Waals surface area contributed by atoms with E-state index in [1.165, 1.54) is 6.42 Å². The maximum atomic E-state index is 11.2. The Bertz CT molecular complexity index is 130. The minimum absolute atomic E-state index is 0.402. The third-order valence-electron chi connectivity index (χ3n) is 2.29. The molecule has 1 fully saturated rings. The molecule has 2 nitrogen and oxygen atoms in total. The summed E-state index contributed by atoms with van der Waals surface area (Å²) in [4.78, 5) is 11.2. The molecular formula is C9H17NO. The molecule has 0 aromatic carbocycles. The van der Waals surface area contributed by atoms with Crippen molar-refractivity contribution in [3.05, 3.63) is 0 Å². The van der Waals surface area contributed by atoms with Gasteiger partial charge < -0.3 is 5.32 Å². The van der Waals surface area contributed by atoms with Crippen LogP contribution in [-0.4, -0.2) is 18.9 Å². The van der Waals surface area contributed by atoms with Gasteiger partial charge in [-0.05, 0) is 25.8 Å². The average Bonchev–Trinajstić information content (AvgIpc) is 1.84. The van der Waals surface area contributed by atoms with E-state index in [0.717, 1.165) is 25.8 Å². The van der Waals surface area contributed by atoms with Gasteiger partial charge in [-0.25, -0.2) is 0 Å². The lowest BCUT2D eigenvalue weighted by molar-refractivity contribution is -0.124. The Hall–Kier alpha value is -0.370. The summed E-state index contributed by atoms with van der Waals surface area (Å²) in [6.07, 6.45) is 4.63. The van der Waals surface area contributed by atoms with Crippen LogP contribution in [0.2, 0.25) is 0 Å². The van der Waals surface area contributed by atoms with Gasteiger partial charge in [-0.1, -0.05) is 13.3 Å². The van der Waals surface area contributed by atoms with E-state index in [-0.39, 0.29) is 0 Å². The lowest BCUT2D eigenvalue weighted by Crippen LogP contribution is -2.32. The second kappa shape index (κ2) is 4.50. The van der Waals surface area contributed by atoms with Gasteiger partial charge in [-0.15, -0.1) is 0 Å². The van der Waals surface area contributed by atoms with Crippen molar-refractivity contribution < 1.29 is 4.79 Å². The van der Waals surface area contributed by atoms with Gasteiger partial charge in [0.15, 0.2) is 0 Å². The summed E-state index contributed by atoms with van der Waals surface area (Å²) in [5.41, 5.74) is 0. The fraction of sp³-hybridized carbons (Fsp3) is 0.889. The number of carbonyl (C=O) groups excluding carboxylic acids is 1. The second-order valence-corrected chi connectivity index (χ2v) is 3.27. The van der Waals surface area contributed by atoms with Gasteiger partial charge in [0.2, 0.25) is 0 Å². The fourth-order valence-electron chi connectivity index (χ4n) is 1.26. The molecule has 0 saturated heterocycles. The number of hydrogen-bond donors (Lipinski definition) is 1. The normalized spacial score (nSPS) is 17.9. The number of rotatable bonds is 5. The van der Waals surface area contributed by atoms with E-state index in [1.807, 2.05) is 0 Å². The zero-order valence-electron chi connectivity index (χ0n) is 7.23. The molecule has 2 heteroatoms. The highest BCUT2D eigenvalue weighted by Gasteiger charge is 2.23. The molecule has 1 aliphatic carbocycles. The van der Waals surface area contributed by atoms with E-state index < -0.39 is 0 Å². The summed E-state index contributed by atoms with van der Waals surface area (Å²) in [6.45, 7) is 3.68. The Kier molecular flexibility index (Phi) is 3.57. The van der Waals surface area contributed by atoms with Gasteiger partial charge in [-0.3, -0.25) is 4.79 Å². The van der Waals surface area contributed by atoms with Crippen LogP contribution in [0.25, 0.3) is 0 Å². The van der Waals surface area contributed by atoms with Crippen molar-refractivity contribution in [3.8, 4) is 0 Å². The molecule has 0 radical (unpaired) electrons. The molecule has 11 heavy (non-hydrogen) atoms. The Balaban J connectivity index is 2.01. The molecule has 1 rings (SSSR count).